The second kappa shape index (κ2) is 10.6. The predicted octanol–water partition coefficient (Wildman–Crippen LogP) is 5.05. The SMILES string of the molecule is CCNC(=NCc1csc(-c2ccccc2)n1)NCc1ccc(C)s1.I. The number of thiophene rings is 1. The van der Waals surface area contributed by atoms with Crippen LogP contribution in [-0.2, 0) is 13.1 Å². The van der Waals surface area contributed by atoms with Crippen molar-refractivity contribution in [1.29, 1.82) is 0 Å². The van der Waals surface area contributed by atoms with Crippen LogP contribution in [0.5, 0.6) is 0 Å². The van der Waals surface area contributed by atoms with Gasteiger partial charge >= 0.3 is 0 Å². The Kier molecular flexibility index (Phi) is 8.53. The maximum absolute atomic E-state index is 4.69. The summed E-state index contributed by atoms with van der Waals surface area (Å²) in [6.45, 7) is 6.39. The fraction of sp³-hybridized carbons (Fsp3) is 0.263. The molecule has 7 heteroatoms. The van der Waals surface area contributed by atoms with Crippen molar-refractivity contribution in [3.8, 4) is 10.6 Å². The molecule has 2 heterocycles. The van der Waals surface area contributed by atoms with Gasteiger partial charge in [0.2, 0.25) is 0 Å². The minimum Gasteiger partial charge on any atom is -0.357 e. The number of nitrogens with one attached hydrogen (secondary N) is 2. The molecule has 26 heavy (non-hydrogen) atoms. The molecule has 1 aromatic carbocycles. The number of aryl methyl sites for hydroxylation is 1. The van der Waals surface area contributed by atoms with Gasteiger partial charge in [-0.3, -0.25) is 0 Å². The van der Waals surface area contributed by atoms with Gasteiger partial charge in [-0.25, -0.2) is 9.98 Å². The molecule has 4 nitrogen and oxygen atoms in total. The molecule has 0 spiro atoms. The lowest BCUT2D eigenvalue weighted by molar-refractivity contribution is 0.820. The fourth-order valence-electron chi connectivity index (χ4n) is 2.35. The van der Waals surface area contributed by atoms with Crippen molar-refractivity contribution < 1.29 is 0 Å². The second-order valence-corrected chi connectivity index (χ2v) is 7.80. The zero-order chi connectivity index (χ0) is 17.5. The average molecular weight is 498 g/mol. The molecule has 0 aliphatic heterocycles. The Hall–Kier alpha value is -1.45. The lowest BCUT2D eigenvalue weighted by atomic mass is 10.2. The highest BCUT2D eigenvalue weighted by Gasteiger charge is 2.05. The van der Waals surface area contributed by atoms with Crippen LogP contribution in [0.3, 0.4) is 0 Å². The monoisotopic (exact) mass is 498 g/mol. The third-order valence-corrected chi connectivity index (χ3v) is 5.48. The van der Waals surface area contributed by atoms with E-state index in [-0.39, 0.29) is 24.0 Å². The molecular formula is C19H23IN4S2. The van der Waals surface area contributed by atoms with Gasteiger partial charge in [0.1, 0.15) is 5.01 Å². The fourth-order valence-corrected chi connectivity index (χ4v) is 3.99. The lowest BCUT2D eigenvalue weighted by Gasteiger charge is -2.09. The first-order valence-electron chi connectivity index (χ1n) is 8.32. The number of hydrogen-bond acceptors (Lipinski definition) is 4. The molecule has 0 amide bonds. The molecular weight excluding hydrogens is 475 g/mol. The normalized spacial score (nSPS) is 11.1. The van der Waals surface area contributed by atoms with Crippen molar-refractivity contribution in [2.75, 3.05) is 6.54 Å². The van der Waals surface area contributed by atoms with E-state index >= 15 is 0 Å². The summed E-state index contributed by atoms with van der Waals surface area (Å²) in [5, 5.41) is 9.79. The van der Waals surface area contributed by atoms with E-state index in [1.165, 1.54) is 9.75 Å². The molecule has 0 aliphatic rings. The largest absolute Gasteiger partial charge is 0.357 e. The number of aliphatic imine (C=N–C) groups is 1. The smallest absolute Gasteiger partial charge is 0.191 e. The summed E-state index contributed by atoms with van der Waals surface area (Å²) < 4.78 is 0. The third-order valence-electron chi connectivity index (χ3n) is 3.54. The van der Waals surface area contributed by atoms with Crippen molar-refractivity contribution in [2.45, 2.75) is 26.9 Å². The molecule has 0 aliphatic carbocycles. The summed E-state index contributed by atoms with van der Waals surface area (Å²) in [5.74, 6) is 0.822. The van der Waals surface area contributed by atoms with E-state index in [1.54, 1.807) is 11.3 Å². The third kappa shape index (κ3) is 6.07. The number of nitrogens with zero attached hydrogens (tertiary/aromatic N) is 2. The molecule has 2 N–H and O–H groups in total. The van der Waals surface area contributed by atoms with Gasteiger partial charge in [0, 0.05) is 27.2 Å². The first-order chi connectivity index (χ1) is 12.2. The number of hydrogen-bond donors (Lipinski definition) is 2. The summed E-state index contributed by atoms with van der Waals surface area (Å²) in [6.07, 6.45) is 0. The molecule has 0 saturated heterocycles. The van der Waals surface area contributed by atoms with Crippen molar-refractivity contribution >= 4 is 52.6 Å². The van der Waals surface area contributed by atoms with E-state index in [0.29, 0.717) is 6.54 Å². The van der Waals surface area contributed by atoms with Crippen LogP contribution >= 0.6 is 46.7 Å². The first-order valence-corrected chi connectivity index (χ1v) is 10.0. The maximum Gasteiger partial charge on any atom is 0.191 e. The van der Waals surface area contributed by atoms with Gasteiger partial charge in [-0.2, -0.15) is 0 Å². The van der Waals surface area contributed by atoms with Gasteiger partial charge in [0.25, 0.3) is 0 Å². The quantitative estimate of drug-likeness (QED) is 0.284. The van der Waals surface area contributed by atoms with Gasteiger partial charge in [0.05, 0.1) is 18.8 Å². The highest BCUT2D eigenvalue weighted by molar-refractivity contribution is 14.0. The Morgan fingerprint density at radius 2 is 1.92 bits per heavy atom. The number of guanidine groups is 1. The van der Waals surface area contributed by atoms with Crippen molar-refractivity contribution in [3.63, 3.8) is 0 Å². The Morgan fingerprint density at radius 3 is 2.62 bits per heavy atom. The molecule has 2 aromatic heterocycles. The van der Waals surface area contributed by atoms with Crippen LogP contribution in [0.15, 0.2) is 52.8 Å². The summed E-state index contributed by atoms with van der Waals surface area (Å²) in [4.78, 5) is 12.0. The van der Waals surface area contributed by atoms with Crippen LogP contribution in [0, 0.1) is 6.92 Å². The number of benzene rings is 1. The van der Waals surface area contributed by atoms with E-state index in [2.05, 4.69) is 59.1 Å². The Morgan fingerprint density at radius 1 is 1.12 bits per heavy atom. The maximum atomic E-state index is 4.69. The molecule has 3 aromatic rings. The molecule has 0 fully saturated rings. The second-order valence-electron chi connectivity index (χ2n) is 5.57. The molecule has 0 atom stereocenters. The first kappa shape index (κ1) is 20.9. The van der Waals surface area contributed by atoms with Gasteiger partial charge in [-0.1, -0.05) is 30.3 Å². The topological polar surface area (TPSA) is 49.3 Å². The highest BCUT2D eigenvalue weighted by atomic mass is 127. The van der Waals surface area contributed by atoms with Gasteiger partial charge in [0.15, 0.2) is 5.96 Å². The lowest BCUT2D eigenvalue weighted by Crippen LogP contribution is -2.36. The van der Waals surface area contributed by atoms with Crippen LogP contribution in [0.25, 0.3) is 10.6 Å². The van der Waals surface area contributed by atoms with E-state index in [9.17, 15) is 0 Å². The Labute approximate surface area is 179 Å². The molecule has 0 radical (unpaired) electrons. The van der Waals surface area contributed by atoms with E-state index < -0.39 is 0 Å². The van der Waals surface area contributed by atoms with Gasteiger partial charge < -0.3 is 10.6 Å². The highest BCUT2D eigenvalue weighted by Crippen LogP contribution is 2.23. The number of halogens is 1. The van der Waals surface area contributed by atoms with Crippen LogP contribution in [-0.4, -0.2) is 17.5 Å². The summed E-state index contributed by atoms with van der Waals surface area (Å²) in [6, 6.07) is 14.6. The molecule has 0 unspecified atom stereocenters. The summed E-state index contributed by atoms with van der Waals surface area (Å²) in [7, 11) is 0. The van der Waals surface area contributed by atoms with Crippen molar-refractivity contribution in [2.24, 2.45) is 4.99 Å². The Bertz CT molecular complexity index is 827. The van der Waals surface area contributed by atoms with Gasteiger partial charge in [-0.15, -0.1) is 46.7 Å². The van der Waals surface area contributed by atoms with Crippen LogP contribution in [0.1, 0.15) is 22.4 Å². The minimum atomic E-state index is 0. The predicted molar refractivity (Wildman–Crippen MR) is 124 cm³/mol. The standard InChI is InChI=1S/C19H22N4S2.HI/c1-3-20-19(22-12-17-10-9-14(2)25-17)21-11-16-13-24-18(23-16)15-7-5-4-6-8-15;/h4-10,13H,3,11-12H2,1-2H3,(H2,20,21,22);1H. The summed E-state index contributed by atoms with van der Waals surface area (Å²) in [5.41, 5.74) is 2.15. The Balaban J connectivity index is 0.00000243. The minimum absolute atomic E-state index is 0. The van der Waals surface area contributed by atoms with E-state index in [4.69, 9.17) is 4.98 Å². The van der Waals surface area contributed by atoms with Crippen molar-refractivity contribution in [1.82, 2.24) is 15.6 Å². The van der Waals surface area contributed by atoms with Crippen LogP contribution in [0.2, 0.25) is 0 Å². The number of rotatable bonds is 6. The van der Waals surface area contributed by atoms with E-state index in [1.807, 2.05) is 29.5 Å². The number of aromatic nitrogens is 1. The molecule has 3 rings (SSSR count). The van der Waals surface area contributed by atoms with Gasteiger partial charge in [-0.05, 0) is 26.0 Å². The molecule has 0 saturated carbocycles. The van der Waals surface area contributed by atoms with Crippen LogP contribution < -0.4 is 10.6 Å². The van der Waals surface area contributed by atoms with E-state index in [0.717, 1.165) is 35.3 Å². The van der Waals surface area contributed by atoms with Crippen molar-refractivity contribution in [3.05, 3.63) is 63.3 Å². The average Bonchev–Trinajstić information content (AvgIpc) is 3.27. The molecule has 138 valence electrons. The zero-order valence-electron chi connectivity index (χ0n) is 14.9. The number of thiazole rings is 1. The summed E-state index contributed by atoms with van der Waals surface area (Å²) >= 11 is 3.47. The zero-order valence-corrected chi connectivity index (χ0v) is 18.8. The molecule has 0 bridgehead atoms. The van der Waals surface area contributed by atoms with Crippen LogP contribution in [0.4, 0.5) is 0 Å².